The predicted octanol–water partition coefficient (Wildman–Crippen LogP) is -2.11. The van der Waals surface area contributed by atoms with E-state index in [2.05, 4.69) is 20.9 Å². The van der Waals surface area contributed by atoms with E-state index in [1.807, 2.05) is 6.26 Å². The topological polar surface area (TPSA) is 235 Å². The highest BCUT2D eigenvalue weighted by Crippen LogP contribution is 2.07. The maximum Gasteiger partial charge on any atom is 0.328 e. The minimum atomic E-state index is -1.55. The van der Waals surface area contributed by atoms with Crippen molar-refractivity contribution in [2.75, 3.05) is 25.2 Å². The quantitative estimate of drug-likeness (QED) is 0.0609. The van der Waals surface area contributed by atoms with Crippen LogP contribution in [-0.2, 0) is 25.6 Å². The first kappa shape index (κ1) is 31.7. The van der Waals surface area contributed by atoms with E-state index in [4.69, 9.17) is 17.2 Å². The van der Waals surface area contributed by atoms with Crippen molar-refractivity contribution in [2.24, 2.45) is 22.2 Å². The highest BCUT2D eigenvalue weighted by Gasteiger charge is 2.30. The Balaban J connectivity index is 3.08. The summed E-state index contributed by atoms with van der Waals surface area (Å²) < 4.78 is 0. The van der Waals surface area contributed by atoms with Gasteiger partial charge < -0.3 is 43.4 Å². The summed E-state index contributed by atoms with van der Waals surface area (Å²) in [6.45, 7) is -0.615. The molecule has 0 spiro atoms. The molecule has 1 aromatic rings. The number of carboxylic acid groups (broad SMARTS) is 1. The van der Waals surface area contributed by atoms with E-state index < -0.39 is 54.5 Å². The van der Waals surface area contributed by atoms with E-state index in [0.29, 0.717) is 24.2 Å². The number of aliphatic hydroxyl groups excluding tert-OH is 1. The fourth-order valence-electron chi connectivity index (χ4n) is 3.22. The van der Waals surface area contributed by atoms with Crippen molar-refractivity contribution in [3.05, 3.63) is 35.9 Å². The van der Waals surface area contributed by atoms with Crippen molar-refractivity contribution in [2.45, 2.75) is 49.9 Å². The van der Waals surface area contributed by atoms with Crippen LogP contribution in [-0.4, -0.2) is 89.2 Å². The van der Waals surface area contributed by atoms with Gasteiger partial charge in [0, 0.05) is 13.0 Å². The van der Waals surface area contributed by atoms with Crippen molar-refractivity contribution in [1.29, 1.82) is 0 Å². The van der Waals surface area contributed by atoms with Gasteiger partial charge in [-0.25, -0.2) is 4.79 Å². The monoisotopic (exact) mass is 539 g/mol. The number of hydrogen-bond acceptors (Lipinski definition) is 8. The van der Waals surface area contributed by atoms with Crippen LogP contribution in [0, 0.1) is 0 Å². The van der Waals surface area contributed by atoms with Crippen LogP contribution in [0.3, 0.4) is 0 Å². The molecule has 206 valence electrons. The summed E-state index contributed by atoms with van der Waals surface area (Å²) in [5.41, 5.74) is 17.3. The lowest BCUT2D eigenvalue weighted by Gasteiger charge is -2.25. The van der Waals surface area contributed by atoms with Crippen molar-refractivity contribution >= 4 is 41.4 Å². The van der Waals surface area contributed by atoms with Gasteiger partial charge in [-0.1, -0.05) is 30.3 Å². The summed E-state index contributed by atoms with van der Waals surface area (Å²) in [5, 5.41) is 25.9. The first-order chi connectivity index (χ1) is 17.6. The molecule has 11 N–H and O–H groups in total. The molecule has 4 unspecified atom stereocenters. The van der Waals surface area contributed by atoms with Gasteiger partial charge in [-0.15, -0.1) is 0 Å². The van der Waals surface area contributed by atoms with Crippen LogP contribution in [0.4, 0.5) is 0 Å². The molecule has 0 aliphatic rings. The third-order valence-electron chi connectivity index (χ3n) is 5.26. The zero-order valence-corrected chi connectivity index (χ0v) is 21.6. The van der Waals surface area contributed by atoms with Gasteiger partial charge in [-0.3, -0.25) is 19.4 Å². The zero-order chi connectivity index (χ0) is 27.8. The Labute approximate surface area is 220 Å². The highest BCUT2D eigenvalue weighted by atomic mass is 32.2. The molecular weight excluding hydrogens is 502 g/mol. The standard InChI is InChI=1S/C23H37N7O6S/c1-37-11-9-15(24)19(32)28-16(8-5-10-27-23(25)26)20(33)29-17(12-14-6-3-2-4-7-14)21(34)30-18(13-31)22(35)36/h2-4,6-7,15-18,31H,5,8-13,24H2,1H3,(H,28,32)(H,29,33)(H,30,34)(H,35,36)(H4,25,26,27). The summed E-state index contributed by atoms with van der Waals surface area (Å²) >= 11 is 1.53. The molecule has 37 heavy (non-hydrogen) atoms. The third kappa shape index (κ3) is 12.4. The number of nitrogens with zero attached hydrogens (tertiary/aromatic N) is 1. The Morgan fingerprint density at radius 2 is 1.54 bits per heavy atom. The molecule has 14 heteroatoms. The largest absolute Gasteiger partial charge is 0.480 e. The summed E-state index contributed by atoms with van der Waals surface area (Å²) in [6.07, 6.45) is 2.83. The van der Waals surface area contributed by atoms with Crippen LogP contribution in [0.25, 0.3) is 0 Å². The maximum atomic E-state index is 13.2. The minimum absolute atomic E-state index is 0.0398. The number of aliphatic hydroxyl groups is 1. The Kier molecular flexibility index (Phi) is 14.7. The first-order valence-electron chi connectivity index (χ1n) is 11.7. The molecule has 0 fully saturated rings. The molecule has 0 radical (unpaired) electrons. The first-order valence-corrected chi connectivity index (χ1v) is 13.1. The third-order valence-corrected chi connectivity index (χ3v) is 5.90. The molecular formula is C23H37N7O6S. The molecule has 3 amide bonds. The SMILES string of the molecule is CSCCC(N)C(=O)NC(CCCN=C(N)N)C(=O)NC(Cc1ccccc1)C(=O)NC(CO)C(=O)O. The van der Waals surface area contributed by atoms with Crippen molar-refractivity contribution in [1.82, 2.24) is 16.0 Å². The van der Waals surface area contributed by atoms with Crippen molar-refractivity contribution < 1.29 is 29.4 Å². The Hall–Kier alpha value is -3.36. The van der Waals surface area contributed by atoms with Crippen LogP contribution < -0.4 is 33.2 Å². The van der Waals surface area contributed by atoms with E-state index >= 15 is 0 Å². The number of aliphatic imine (C=N–C) groups is 1. The van der Waals surface area contributed by atoms with Gasteiger partial charge in [0.05, 0.1) is 12.6 Å². The van der Waals surface area contributed by atoms with Gasteiger partial charge in [0.15, 0.2) is 5.96 Å². The Morgan fingerprint density at radius 3 is 2.11 bits per heavy atom. The summed E-state index contributed by atoms with van der Waals surface area (Å²) in [5.74, 6) is -2.87. The Bertz CT molecular complexity index is 914. The average molecular weight is 540 g/mol. The molecule has 1 aromatic carbocycles. The summed E-state index contributed by atoms with van der Waals surface area (Å²) in [7, 11) is 0. The molecule has 0 bridgehead atoms. The number of rotatable bonds is 17. The molecule has 0 saturated heterocycles. The molecule has 0 aliphatic heterocycles. The van der Waals surface area contributed by atoms with Crippen LogP contribution in [0.2, 0.25) is 0 Å². The summed E-state index contributed by atoms with van der Waals surface area (Å²) in [4.78, 5) is 53.9. The molecule has 13 nitrogen and oxygen atoms in total. The number of amides is 3. The van der Waals surface area contributed by atoms with Crippen LogP contribution in [0.1, 0.15) is 24.8 Å². The fraction of sp³-hybridized carbons (Fsp3) is 0.522. The van der Waals surface area contributed by atoms with Crippen LogP contribution in [0.15, 0.2) is 35.3 Å². The van der Waals surface area contributed by atoms with E-state index in [1.54, 1.807) is 30.3 Å². The minimum Gasteiger partial charge on any atom is -0.480 e. The van der Waals surface area contributed by atoms with Gasteiger partial charge in [0.25, 0.3) is 0 Å². The molecule has 0 heterocycles. The number of carboxylic acids is 1. The molecule has 0 aliphatic carbocycles. The van der Waals surface area contributed by atoms with Gasteiger partial charge in [0.1, 0.15) is 18.1 Å². The van der Waals surface area contributed by atoms with Gasteiger partial charge in [-0.2, -0.15) is 11.8 Å². The van der Waals surface area contributed by atoms with Crippen LogP contribution in [0.5, 0.6) is 0 Å². The maximum absolute atomic E-state index is 13.2. The zero-order valence-electron chi connectivity index (χ0n) is 20.8. The van der Waals surface area contributed by atoms with Gasteiger partial charge >= 0.3 is 5.97 Å². The molecule has 0 saturated carbocycles. The number of nitrogens with one attached hydrogen (secondary N) is 3. The van der Waals surface area contributed by atoms with E-state index in [9.17, 15) is 29.4 Å². The number of aliphatic carboxylic acids is 1. The number of thioether (sulfide) groups is 1. The van der Waals surface area contributed by atoms with Gasteiger partial charge in [-0.05, 0) is 36.8 Å². The lowest BCUT2D eigenvalue weighted by atomic mass is 10.0. The smallest absolute Gasteiger partial charge is 0.328 e. The second-order valence-corrected chi connectivity index (χ2v) is 9.22. The number of nitrogens with two attached hydrogens (primary N) is 3. The second kappa shape index (κ2) is 17.2. The number of guanidine groups is 1. The number of carbonyl (C=O) groups excluding carboxylic acids is 3. The lowest BCUT2D eigenvalue weighted by molar-refractivity contribution is -0.143. The number of hydrogen-bond donors (Lipinski definition) is 8. The predicted molar refractivity (Wildman–Crippen MR) is 142 cm³/mol. The fourth-order valence-corrected chi connectivity index (χ4v) is 3.71. The average Bonchev–Trinajstić information content (AvgIpc) is 2.86. The number of benzene rings is 1. The lowest BCUT2D eigenvalue weighted by Crippen LogP contribution is -2.58. The van der Waals surface area contributed by atoms with E-state index in [-0.39, 0.29) is 25.3 Å². The van der Waals surface area contributed by atoms with E-state index in [1.165, 1.54) is 11.8 Å². The number of carbonyl (C=O) groups is 4. The van der Waals surface area contributed by atoms with Crippen molar-refractivity contribution in [3.63, 3.8) is 0 Å². The normalized spacial score (nSPS) is 13.9. The van der Waals surface area contributed by atoms with Crippen LogP contribution >= 0.6 is 11.8 Å². The molecule has 4 atom stereocenters. The second-order valence-electron chi connectivity index (χ2n) is 8.23. The Morgan fingerprint density at radius 1 is 0.946 bits per heavy atom. The van der Waals surface area contributed by atoms with Gasteiger partial charge in [0.2, 0.25) is 17.7 Å². The van der Waals surface area contributed by atoms with E-state index in [0.717, 1.165) is 0 Å². The van der Waals surface area contributed by atoms with Crippen molar-refractivity contribution in [3.8, 4) is 0 Å². The molecule has 1 rings (SSSR count). The molecule has 0 aromatic heterocycles. The summed E-state index contributed by atoms with van der Waals surface area (Å²) in [6, 6.07) is 4.15. The highest BCUT2D eigenvalue weighted by molar-refractivity contribution is 7.98.